The average Bonchev–Trinajstić information content (AvgIpc) is 2.59. The second-order valence-corrected chi connectivity index (χ2v) is 6.53. The number of fused-ring (bicyclic) bond motifs is 1. The molecule has 4 nitrogen and oxygen atoms in total. The molecule has 0 aliphatic carbocycles. The molecule has 0 bridgehead atoms. The second-order valence-electron chi connectivity index (χ2n) is 5.61. The van der Waals surface area contributed by atoms with Gasteiger partial charge >= 0.3 is 0 Å². The van der Waals surface area contributed by atoms with Crippen molar-refractivity contribution in [2.24, 2.45) is 0 Å². The highest BCUT2D eigenvalue weighted by atomic mass is 79.9. The van der Waals surface area contributed by atoms with Crippen molar-refractivity contribution in [3.63, 3.8) is 0 Å². The van der Waals surface area contributed by atoms with Gasteiger partial charge in [-0.1, -0.05) is 12.1 Å². The van der Waals surface area contributed by atoms with Gasteiger partial charge in [0.25, 0.3) is 0 Å². The summed E-state index contributed by atoms with van der Waals surface area (Å²) in [4.78, 5) is 23.3. The first-order chi connectivity index (χ1) is 11.5. The van der Waals surface area contributed by atoms with E-state index >= 15 is 0 Å². The Bertz CT molecular complexity index is 920. The second kappa shape index (κ2) is 6.93. The normalized spacial score (nSPS) is 11.5. The van der Waals surface area contributed by atoms with Gasteiger partial charge in [-0.3, -0.25) is 14.8 Å². The predicted molar refractivity (Wildman–Crippen MR) is 99.7 cm³/mol. The van der Waals surface area contributed by atoms with Crippen LogP contribution in [0.4, 0.5) is 0 Å². The Morgan fingerprint density at radius 2 is 1.96 bits per heavy atom. The lowest BCUT2D eigenvalue weighted by molar-refractivity contribution is 0.105. The number of hydrogen-bond donors (Lipinski definition) is 0. The van der Waals surface area contributed by atoms with E-state index in [-0.39, 0.29) is 5.78 Å². The quantitative estimate of drug-likeness (QED) is 0.502. The Morgan fingerprint density at radius 1 is 1.12 bits per heavy atom. The van der Waals surface area contributed by atoms with Crippen LogP contribution in [0.1, 0.15) is 16.1 Å². The van der Waals surface area contributed by atoms with Crippen LogP contribution < -0.4 is 0 Å². The summed E-state index contributed by atoms with van der Waals surface area (Å²) in [5, 5.41) is 0.973. The molecule has 0 amide bonds. The summed E-state index contributed by atoms with van der Waals surface area (Å²) >= 11 is 3.44. The van der Waals surface area contributed by atoms with Crippen molar-refractivity contribution in [3.05, 3.63) is 76.8 Å². The SMILES string of the molecule is CN(C)/C=C(/C(=O)c1ccccn1)c1ccc2ncc(Br)cc2c1. The van der Waals surface area contributed by atoms with Crippen molar-refractivity contribution in [1.82, 2.24) is 14.9 Å². The number of aromatic nitrogens is 2. The van der Waals surface area contributed by atoms with Crippen molar-refractivity contribution in [2.75, 3.05) is 14.1 Å². The number of hydrogen-bond acceptors (Lipinski definition) is 4. The highest BCUT2D eigenvalue weighted by molar-refractivity contribution is 9.10. The maximum Gasteiger partial charge on any atom is 0.213 e. The number of carbonyl (C=O) groups excluding carboxylic acids is 1. The highest BCUT2D eigenvalue weighted by Gasteiger charge is 2.16. The fourth-order valence-electron chi connectivity index (χ4n) is 2.43. The molecule has 3 aromatic rings. The summed E-state index contributed by atoms with van der Waals surface area (Å²) < 4.78 is 0.904. The number of carbonyl (C=O) groups is 1. The molecule has 0 radical (unpaired) electrons. The number of halogens is 1. The van der Waals surface area contributed by atoms with Crippen LogP contribution >= 0.6 is 15.9 Å². The average molecular weight is 382 g/mol. The summed E-state index contributed by atoms with van der Waals surface area (Å²) in [6.45, 7) is 0. The first-order valence-corrected chi connectivity index (χ1v) is 8.23. The van der Waals surface area contributed by atoms with Crippen LogP contribution in [0.15, 0.2) is 65.5 Å². The van der Waals surface area contributed by atoms with Gasteiger partial charge in [0.05, 0.1) is 5.52 Å². The molecule has 0 aliphatic rings. The molecule has 0 fully saturated rings. The molecular formula is C19H16BrN3O. The number of allylic oxidation sites excluding steroid dienone is 1. The maximum atomic E-state index is 12.9. The minimum absolute atomic E-state index is 0.105. The van der Waals surface area contributed by atoms with Crippen LogP contribution in [0.5, 0.6) is 0 Å². The lowest BCUT2D eigenvalue weighted by Gasteiger charge is -2.12. The van der Waals surface area contributed by atoms with Gasteiger partial charge in [-0.2, -0.15) is 0 Å². The van der Waals surface area contributed by atoms with Gasteiger partial charge in [0.15, 0.2) is 0 Å². The third-order valence-electron chi connectivity index (χ3n) is 3.49. The zero-order valence-electron chi connectivity index (χ0n) is 13.4. The van der Waals surface area contributed by atoms with Crippen molar-refractivity contribution in [3.8, 4) is 0 Å². The third kappa shape index (κ3) is 3.51. The molecule has 3 rings (SSSR count). The lowest BCUT2D eigenvalue weighted by atomic mass is 9.98. The first kappa shape index (κ1) is 16.3. The highest BCUT2D eigenvalue weighted by Crippen LogP contribution is 2.25. The summed E-state index contributed by atoms with van der Waals surface area (Å²) in [5.74, 6) is -0.105. The smallest absolute Gasteiger partial charge is 0.213 e. The van der Waals surface area contributed by atoms with Crippen molar-refractivity contribution in [1.29, 1.82) is 0 Å². The van der Waals surface area contributed by atoms with Crippen molar-refractivity contribution >= 4 is 38.2 Å². The molecule has 2 heterocycles. The van der Waals surface area contributed by atoms with E-state index in [0.717, 1.165) is 20.9 Å². The van der Waals surface area contributed by atoms with Gasteiger partial charge in [-0.15, -0.1) is 0 Å². The molecule has 120 valence electrons. The predicted octanol–water partition coefficient (Wildman–Crippen LogP) is 4.18. The van der Waals surface area contributed by atoms with E-state index in [9.17, 15) is 4.79 Å². The first-order valence-electron chi connectivity index (χ1n) is 7.44. The minimum Gasteiger partial charge on any atom is -0.383 e. The fraction of sp³-hybridized carbons (Fsp3) is 0.105. The van der Waals surface area contributed by atoms with Gasteiger partial charge in [0, 0.05) is 48.1 Å². The molecule has 0 atom stereocenters. The lowest BCUT2D eigenvalue weighted by Crippen LogP contribution is -2.10. The Kier molecular flexibility index (Phi) is 4.71. The molecule has 0 unspecified atom stereocenters. The summed E-state index contributed by atoms with van der Waals surface area (Å²) in [6, 6.07) is 13.1. The van der Waals surface area contributed by atoms with E-state index in [0.29, 0.717) is 11.3 Å². The topological polar surface area (TPSA) is 46.1 Å². The minimum atomic E-state index is -0.105. The van der Waals surface area contributed by atoms with E-state index in [1.807, 2.05) is 55.5 Å². The molecule has 24 heavy (non-hydrogen) atoms. The molecule has 0 saturated heterocycles. The van der Waals surface area contributed by atoms with Gasteiger partial charge in [-0.05, 0) is 51.8 Å². The summed E-state index contributed by atoms with van der Waals surface area (Å²) in [6.07, 6.45) is 5.21. The van der Waals surface area contributed by atoms with Gasteiger partial charge in [0.2, 0.25) is 5.78 Å². The molecule has 0 aliphatic heterocycles. The van der Waals surface area contributed by atoms with Gasteiger partial charge < -0.3 is 4.90 Å². The van der Waals surface area contributed by atoms with E-state index in [1.165, 1.54) is 0 Å². The van der Waals surface area contributed by atoms with Crippen molar-refractivity contribution < 1.29 is 4.79 Å². The van der Waals surface area contributed by atoms with Crippen LogP contribution in [-0.2, 0) is 0 Å². The van der Waals surface area contributed by atoms with Crippen LogP contribution in [0.25, 0.3) is 16.5 Å². The number of pyridine rings is 2. The summed E-state index contributed by atoms with van der Waals surface area (Å²) in [7, 11) is 3.79. The van der Waals surface area contributed by atoms with E-state index in [1.54, 1.807) is 24.5 Å². The molecule has 2 aromatic heterocycles. The number of rotatable bonds is 4. The molecule has 0 spiro atoms. The van der Waals surface area contributed by atoms with E-state index in [2.05, 4.69) is 25.9 Å². The van der Waals surface area contributed by atoms with Gasteiger partial charge in [0.1, 0.15) is 5.69 Å². The van der Waals surface area contributed by atoms with Crippen LogP contribution in [0.2, 0.25) is 0 Å². The Morgan fingerprint density at radius 3 is 2.67 bits per heavy atom. The monoisotopic (exact) mass is 381 g/mol. The Balaban J connectivity index is 2.11. The number of benzene rings is 1. The number of ketones is 1. The summed E-state index contributed by atoms with van der Waals surface area (Å²) in [5.41, 5.74) is 2.75. The maximum absolute atomic E-state index is 12.9. The largest absolute Gasteiger partial charge is 0.383 e. The Hall–Kier alpha value is -2.53. The Labute approximate surface area is 149 Å². The molecule has 1 aromatic carbocycles. The van der Waals surface area contributed by atoms with E-state index in [4.69, 9.17) is 0 Å². The number of nitrogens with zero attached hydrogens (tertiary/aromatic N) is 3. The van der Waals surface area contributed by atoms with E-state index < -0.39 is 0 Å². The van der Waals surface area contributed by atoms with Crippen LogP contribution in [-0.4, -0.2) is 34.7 Å². The van der Waals surface area contributed by atoms with Crippen LogP contribution in [0, 0.1) is 0 Å². The van der Waals surface area contributed by atoms with Crippen LogP contribution in [0.3, 0.4) is 0 Å². The standard InChI is InChI=1S/C19H16BrN3O/c1-23(2)12-16(19(24)18-5-3-4-8-21-18)13-6-7-17-14(9-13)10-15(20)11-22-17/h3-12H,1-2H3/b16-12+. The fourth-order valence-corrected chi connectivity index (χ4v) is 2.78. The number of Topliss-reactive ketones (excluding diaryl/α,β-unsaturated/α-hetero) is 1. The molecule has 0 saturated carbocycles. The molecule has 0 N–H and O–H groups in total. The zero-order chi connectivity index (χ0) is 17.1. The third-order valence-corrected chi connectivity index (χ3v) is 3.92. The molecular weight excluding hydrogens is 366 g/mol. The van der Waals surface area contributed by atoms with Crippen molar-refractivity contribution in [2.45, 2.75) is 0 Å². The zero-order valence-corrected chi connectivity index (χ0v) is 15.0. The molecule has 5 heteroatoms. The van der Waals surface area contributed by atoms with Gasteiger partial charge in [-0.25, -0.2) is 0 Å².